The monoisotopic (exact) mass is 394 g/mol. The molecular weight excluding hydrogens is 385 g/mol. The van der Waals surface area contributed by atoms with Gasteiger partial charge in [-0.25, -0.2) is 13.6 Å². The predicted octanol–water partition coefficient (Wildman–Crippen LogP) is 3.14. The summed E-state index contributed by atoms with van der Waals surface area (Å²) in [7, 11) is -4.12. The van der Waals surface area contributed by atoms with E-state index in [4.69, 9.17) is 16.7 Å². The number of rotatable bonds is 4. The van der Waals surface area contributed by atoms with Crippen LogP contribution in [-0.2, 0) is 10.0 Å². The summed E-state index contributed by atoms with van der Waals surface area (Å²) in [6, 6.07) is 7.87. The van der Waals surface area contributed by atoms with Gasteiger partial charge in [0.05, 0.1) is 5.02 Å². The molecule has 0 atom stereocenters. The molecule has 0 spiro atoms. The third kappa shape index (κ3) is 5.34. The summed E-state index contributed by atoms with van der Waals surface area (Å²) >= 11 is 5.72. The van der Waals surface area contributed by atoms with E-state index in [1.807, 2.05) is 0 Å². The van der Waals surface area contributed by atoms with Crippen LogP contribution in [0.25, 0.3) is 0 Å². The molecule has 25 heavy (non-hydrogen) atoms. The molecule has 0 aliphatic heterocycles. The highest BCUT2D eigenvalue weighted by molar-refractivity contribution is 7.89. The van der Waals surface area contributed by atoms with E-state index < -0.39 is 32.9 Å². The van der Waals surface area contributed by atoms with E-state index in [-0.39, 0.29) is 16.3 Å². The van der Waals surface area contributed by atoms with Gasteiger partial charge in [-0.15, -0.1) is 13.2 Å². The van der Waals surface area contributed by atoms with Crippen LogP contribution in [0.15, 0.2) is 47.4 Å². The maximum atomic E-state index is 12.1. The minimum Gasteiger partial charge on any atom is -0.406 e. The molecule has 0 fully saturated rings. The Labute approximate surface area is 145 Å². The van der Waals surface area contributed by atoms with Crippen molar-refractivity contribution in [3.8, 4) is 5.75 Å². The molecule has 0 saturated heterocycles. The van der Waals surface area contributed by atoms with Gasteiger partial charge in [-0.3, -0.25) is 4.79 Å². The van der Waals surface area contributed by atoms with Crippen molar-refractivity contribution in [1.29, 1.82) is 0 Å². The second kappa shape index (κ2) is 6.90. The van der Waals surface area contributed by atoms with Crippen molar-refractivity contribution in [3.63, 3.8) is 0 Å². The van der Waals surface area contributed by atoms with E-state index in [1.54, 1.807) is 0 Å². The molecule has 0 heterocycles. The van der Waals surface area contributed by atoms with Crippen molar-refractivity contribution in [3.05, 3.63) is 53.1 Å². The van der Waals surface area contributed by atoms with Crippen LogP contribution >= 0.6 is 11.6 Å². The number of anilines is 1. The van der Waals surface area contributed by atoms with Gasteiger partial charge in [0.15, 0.2) is 0 Å². The van der Waals surface area contributed by atoms with Gasteiger partial charge in [0.2, 0.25) is 10.0 Å². The Bertz CT molecular complexity index is 899. The van der Waals surface area contributed by atoms with Gasteiger partial charge in [0.1, 0.15) is 10.6 Å². The summed E-state index contributed by atoms with van der Waals surface area (Å²) in [5, 5.41) is 7.24. The first-order chi connectivity index (χ1) is 11.5. The van der Waals surface area contributed by atoms with Crippen molar-refractivity contribution < 1.29 is 31.1 Å². The van der Waals surface area contributed by atoms with Crippen LogP contribution in [0.4, 0.5) is 18.9 Å². The van der Waals surface area contributed by atoms with Crippen molar-refractivity contribution in [2.45, 2.75) is 11.3 Å². The molecule has 11 heteroatoms. The van der Waals surface area contributed by atoms with Crippen molar-refractivity contribution in [2.24, 2.45) is 5.14 Å². The maximum absolute atomic E-state index is 12.1. The van der Waals surface area contributed by atoms with E-state index in [0.717, 1.165) is 18.2 Å². The van der Waals surface area contributed by atoms with E-state index in [0.29, 0.717) is 0 Å². The molecule has 0 aliphatic carbocycles. The fourth-order valence-corrected chi connectivity index (χ4v) is 2.88. The Morgan fingerprint density at radius 2 is 1.72 bits per heavy atom. The summed E-state index contributed by atoms with van der Waals surface area (Å²) in [6.07, 6.45) is -4.82. The van der Waals surface area contributed by atoms with E-state index in [2.05, 4.69) is 10.1 Å². The van der Waals surface area contributed by atoms with E-state index in [9.17, 15) is 26.4 Å². The van der Waals surface area contributed by atoms with Gasteiger partial charge < -0.3 is 10.1 Å². The Morgan fingerprint density at radius 1 is 1.12 bits per heavy atom. The third-order valence-corrected chi connectivity index (χ3v) is 4.24. The Balaban J connectivity index is 2.17. The number of amides is 1. The number of nitrogens with one attached hydrogen (secondary N) is 1. The number of hydrogen-bond donors (Lipinski definition) is 2. The number of benzene rings is 2. The quantitative estimate of drug-likeness (QED) is 0.832. The molecular formula is C14H10ClF3N2O4S. The highest BCUT2D eigenvalue weighted by atomic mass is 35.5. The Hall–Kier alpha value is -2.30. The smallest absolute Gasteiger partial charge is 0.406 e. The average molecular weight is 395 g/mol. The van der Waals surface area contributed by atoms with Crippen molar-refractivity contribution in [2.75, 3.05) is 5.32 Å². The molecule has 0 aliphatic rings. The largest absolute Gasteiger partial charge is 0.573 e. The molecule has 0 bridgehead atoms. The van der Waals surface area contributed by atoms with Crippen LogP contribution in [0, 0.1) is 0 Å². The molecule has 6 nitrogen and oxygen atoms in total. The maximum Gasteiger partial charge on any atom is 0.573 e. The number of halogens is 4. The number of alkyl halides is 3. The lowest BCUT2D eigenvalue weighted by molar-refractivity contribution is -0.274. The fraction of sp³-hybridized carbons (Fsp3) is 0.0714. The molecule has 1 amide bonds. The zero-order chi connectivity index (χ0) is 18.8. The SMILES string of the molecule is NS(=O)(=O)c1cc(C(=O)Nc2ccc(OC(F)(F)F)cc2)ccc1Cl. The summed E-state index contributed by atoms with van der Waals surface area (Å²) < 4.78 is 62.7. The molecule has 3 N–H and O–H groups in total. The van der Waals surface area contributed by atoms with Crippen LogP contribution in [0.1, 0.15) is 10.4 Å². The van der Waals surface area contributed by atoms with Gasteiger partial charge in [0, 0.05) is 11.3 Å². The number of sulfonamides is 1. The average Bonchev–Trinajstić information content (AvgIpc) is 2.47. The van der Waals surface area contributed by atoms with Crippen LogP contribution in [0.5, 0.6) is 5.75 Å². The zero-order valence-corrected chi connectivity index (χ0v) is 13.7. The molecule has 2 rings (SSSR count). The number of primary sulfonamides is 1. The fourth-order valence-electron chi connectivity index (χ4n) is 1.81. The molecule has 0 radical (unpaired) electrons. The molecule has 0 aromatic heterocycles. The zero-order valence-electron chi connectivity index (χ0n) is 12.2. The second-order valence-corrected chi connectivity index (χ2v) is 6.65. The number of carbonyl (C=O) groups is 1. The van der Waals surface area contributed by atoms with Gasteiger partial charge >= 0.3 is 6.36 Å². The van der Waals surface area contributed by atoms with Gasteiger partial charge in [-0.2, -0.15) is 0 Å². The van der Waals surface area contributed by atoms with Crippen LogP contribution in [0.3, 0.4) is 0 Å². The summed E-state index contributed by atoms with van der Waals surface area (Å²) in [6.45, 7) is 0. The molecule has 2 aromatic carbocycles. The second-order valence-electron chi connectivity index (χ2n) is 4.72. The summed E-state index contributed by atoms with van der Waals surface area (Å²) in [4.78, 5) is 11.7. The lowest BCUT2D eigenvalue weighted by Crippen LogP contribution is -2.17. The summed E-state index contributed by atoms with van der Waals surface area (Å²) in [5.41, 5.74) is 0.121. The number of ether oxygens (including phenoxy) is 1. The lowest BCUT2D eigenvalue weighted by atomic mass is 10.2. The molecule has 2 aromatic rings. The molecule has 0 saturated carbocycles. The number of hydrogen-bond acceptors (Lipinski definition) is 4. The normalized spacial score (nSPS) is 11.9. The Morgan fingerprint density at radius 3 is 2.24 bits per heavy atom. The van der Waals surface area contributed by atoms with Gasteiger partial charge in [-0.05, 0) is 42.5 Å². The van der Waals surface area contributed by atoms with E-state index >= 15 is 0 Å². The highest BCUT2D eigenvalue weighted by Crippen LogP contribution is 2.25. The molecule has 0 unspecified atom stereocenters. The minimum absolute atomic E-state index is 0.0518. The number of carbonyl (C=O) groups excluding carboxylic acids is 1. The van der Waals surface area contributed by atoms with Crippen LogP contribution < -0.4 is 15.2 Å². The first-order valence-corrected chi connectivity index (χ1v) is 8.38. The van der Waals surface area contributed by atoms with Gasteiger partial charge in [0.25, 0.3) is 5.91 Å². The minimum atomic E-state index is -4.82. The number of nitrogens with two attached hydrogens (primary N) is 1. The lowest BCUT2D eigenvalue weighted by Gasteiger charge is -2.10. The predicted molar refractivity (Wildman–Crippen MR) is 83.9 cm³/mol. The summed E-state index contributed by atoms with van der Waals surface area (Å²) in [5.74, 6) is -1.15. The van der Waals surface area contributed by atoms with Crippen molar-refractivity contribution in [1.82, 2.24) is 0 Å². The topological polar surface area (TPSA) is 98.5 Å². The van der Waals surface area contributed by atoms with Crippen LogP contribution in [-0.4, -0.2) is 20.7 Å². The van der Waals surface area contributed by atoms with Crippen molar-refractivity contribution >= 4 is 33.2 Å². The van der Waals surface area contributed by atoms with Gasteiger partial charge in [-0.1, -0.05) is 11.6 Å². The van der Waals surface area contributed by atoms with E-state index in [1.165, 1.54) is 24.3 Å². The Kier molecular flexibility index (Phi) is 5.26. The third-order valence-electron chi connectivity index (χ3n) is 2.85. The highest BCUT2D eigenvalue weighted by Gasteiger charge is 2.31. The first-order valence-electron chi connectivity index (χ1n) is 6.45. The standard InChI is InChI=1S/C14H10ClF3N2O4S/c15-11-6-1-8(7-12(11)25(19,22)23)13(21)20-9-2-4-10(5-3-9)24-14(16,17)18/h1-7H,(H,20,21)(H2,19,22,23). The molecule has 134 valence electrons. The van der Waals surface area contributed by atoms with Crippen LogP contribution in [0.2, 0.25) is 5.02 Å². The first kappa shape index (κ1) is 19.0.